The average molecular weight is 233 g/mol. The summed E-state index contributed by atoms with van der Waals surface area (Å²) in [7, 11) is 0. The number of carbonyl (C=O) groups is 1. The Balaban J connectivity index is 3.41. The molecule has 0 bridgehead atoms. The molecule has 0 fully saturated rings. The molecule has 5 nitrogen and oxygen atoms in total. The van der Waals surface area contributed by atoms with Crippen LogP contribution in [0, 0.1) is 15.9 Å². The van der Waals surface area contributed by atoms with Crippen LogP contribution in [0.4, 0.5) is 15.8 Å². The van der Waals surface area contributed by atoms with Crippen LogP contribution in [0.15, 0.2) is 12.1 Å². The monoisotopic (exact) mass is 232 g/mol. The predicted molar refractivity (Wildman–Crippen MR) is 52.5 cm³/mol. The van der Waals surface area contributed by atoms with Crippen molar-refractivity contribution in [2.75, 3.05) is 11.6 Å². The lowest BCUT2D eigenvalue weighted by Crippen LogP contribution is -2.08. The second kappa shape index (κ2) is 4.22. The highest BCUT2D eigenvalue weighted by molar-refractivity contribution is 6.31. The molecule has 0 aliphatic heterocycles. The average Bonchev–Trinajstić information content (AvgIpc) is 2.19. The number of hydrogen-bond acceptors (Lipinski definition) is 4. The molecule has 0 saturated carbocycles. The van der Waals surface area contributed by atoms with Crippen molar-refractivity contribution in [3.8, 4) is 0 Å². The number of nitrogens with zero attached hydrogens (tertiary/aromatic N) is 1. The highest BCUT2D eigenvalue weighted by atomic mass is 35.5. The summed E-state index contributed by atoms with van der Waals surface area (Å²) in [6, 6.07) is 1.48. The number of Topliss-reactive ketones (excluding diaryl/α,β-unsaturated/α-hetero) is 1. The number of nitrogen functional groups attached to an aromatic ring is 1. The Hall–Kier alpha value is -1.69. The minimum absolute atomic E-state index is 0.267. The van der Waals surface area contributed by atoms with E-state index in [1.165, 1.54) is 0 Å². The van der Waals surface area contributed by atoms with Gasteiger partial charge in [0.15, 0.2) is 5.78 Å². The maximum atomic E-state index is 12.9. The van der Waals surface area contributed by atoms with E-state index >= 15 is 0 Å². The Labute approximate surface area is 88.8 Å². The normalized spacial score (nSPS) is 10.0. The number of hydrogen-bond donors (Lipinski definition) is 1. The molecule has 7 heteroatoms. The third-order valence-corrected chi connectivity index (χ3v) is 1.98. The Morgan fingerprint density at radius 3 is 2.67 bits per heavy atom. The second-order valence-corrected chi connectivity index (χ2v) is 2.97. The molecule has 0 spiro atoms. The van der Waals surface area contributed by atoms with E-state index in [4.69, 9.17) is 17.3 Å². The van der Waals surface area contributed by atoms with E-state index in [2.05, 4.69) is 0 Å². The lowest BCUT2D eigenvalue weighted by Gasteiger charge is -2.03. The molecule has 0 amide bonds. The number of rotatable bonds is 3. The van der Waals surface area contributed by atoms with Gasteiger partial charge in [0, 0.05) is 0 Å². The zero-order valence-electron chi connectivity index (χ0n) is 7.37. The molecule has 0 unspecified atom stereocenters. The fraction of sp³-hybridized carbons (Fsp3) is 0.125. The van der Waals surface area contributed by atoms with Crippen molar-refractivity contribution in [1.82, 2.24) is 0 Å². The van der Waals surface area contributed by atoms with E-state index in [0.717, 1.165) is 6.07 Å². The molecule has 2 N–H and O–H groups in total. The van der Waals surface area contributed by atoms with Gasteiger partial charge in [-0.05, 0) is 6.07 Å². The van der Waals surface area contributed by atoms with Gasteiger partial charge in [0.1, 0.15) is 11.5 Å². The van der Waals surface area contributed by atoms with Crippen LogP contribution in [0.25, 0.3) is 0 Å². The molecular weight excluding hydrogens is 227 g/mol. The number of alkyl halides is 1. The summed E-state index contributed by atoms with van der Waals surface area (Å²) in [5, 5.41) is 10.5. The van der Waals surface area contributed by atoms with Gasteiger partial charge >= 0.3 is 0 Å². The summed E-state index contributed by atoms with van der Waals surface area (Å²) in [4.78, 5) is 20.8. The second-order valence-electron chi connectivity index (χ2n) is 2.70. The van der Waals surface area contributed by atoms with Gasteiger partial charge in [-0.25, -0.2) is 4.39 Å². The van der Waals surface area contributed by atoms with Crippen molar-refractivity contribution >= 4 is 28.8 Å². The number of carbonyl (C=O) groups excluding carboxylic acids is 1. The first-order chi connectivity index (χ1) is 6.97. The molecule has 0 aliphatic carbocycles. The van der Waals surface area contributed by atoms with Crippen LogP contribution in [0.1, 0.15) is 10.4 Å². The molecule has 0 atom stereocenters. The minimum Gasteiger partial charge on any atom is -0.393 e. The zero-order valence-corrected chi connectivity index (χ0v) is 8.12. The van der Waals surface area contributed by atoms with Crippen molar-refractivity contribution in [3.05, 3.63) is 33.6 Å². The Morgan fingerprint density at radius 2 is 2.20 bits per heavy atom. The summed E-state index contributed by atoms with van der Waals surface area (Å²) in [6.45, 7) is 0. The van der Waals surface area contributed by atoms with Crippen molar-refractivity contribution in [2.45, 2.75) is 0 Å². The Bertz CT molecular complexity index is 436. The van der Waals surface area contributed by atoms with Crippen LogP contribution in [-0.2, 0) is 0 Å². The molecule has 0 heterocycles. The molecule has 0 saturated heterocycles. The number of nitro groups is 1. The molecule has 1 aromatic carbocycles. The van der Waals surface area contributed by atoms with Gasteiger partial charge in [0.05, 0.1) is 22.4 Å². The van der Waals surface area contributed by atoms with Gasteiger partial charge in [-0.2, -0.15) is 0 Å². The first-order valence-electron chi connectivity index (χ1n) is 3.80. The topological polar surface area (TPSA) is 86.2 Å². The third kappa shape index (κ3) is 2.21. The van der Waals surface area contributed by atoms with Crippen LogP contribution in [0.3, 0.4) is 0 Å². The highest BCUT2D eigenvalue weighted by Gasteiger charge is 2.20. The number of anilines is 1. The molecule has 0 radical (unpaired) electrons. The van der Waals surface area contributed by atoms with Crippen LogP contribution in [-0.4, -0.2) is 16.6 Å². The van der Waals surface area contributed by atoms with E-state index in [0.29, 0.717) is 6.07 Å². The zero-order chi connectivity index (χ0) is 11.6. The molecular formula is C8H6ClFN2O3. The molecule has 80 valence electrons. The molecule has 0 aliphatic rings. The van der Waals surface area contributed by atoms with Crippen LogP contribution < -0.4 is 5.73 Å². The Kier molecular flexibility index (Phi) is 3.21. The smallest absolute Gasteiger partial charge is 0.295 e. The third-order valence-electron chi connectivity index (χ3n) is 1.74. The lowest BCUT2D eigenvalue weighted by molar-refractivity contribution is -0.384. The van der Waals surface area contributed by atoms with Gasteiger partial charge in [-0.1, -0.05) is 0 Å². The van der Waals surface area contributed by atoms with Crippen molar-refractivity contribution in [1.29, 1.82) is 0 Å². The van der Waals surface area contributed by atoms with Crippen molar-refractivity contribution < 1.29 is 14.1 Å². The first-order valence-corrected chi connectivity index (χ1v) is 4.33. The largest absolute Gasteiger partial charge is 0.393 e. The fourth-order valence-electron chi connectivity index (χ4n) is 1.06. The SMILES string of the molecule is Nc1c(C(=O)CCl)cc(F)cc1[N+](=O)[O-]. The minimum atomic E-state index is -0.899. The number of nitrogens with two attached hydrogens (primary N) is 1. The Morgan fingerprint density at radius 1 is 1.60 bits per heavy atom. The highest BCUT2D eigenvalue weighted by Crippen LogP contribution is 2.27. The van der Waals surface area contributed by atoms with E-state index in [1.54, 1.807) is 0 Å². The maximum absolute atomic E-state index is 12.9. The number of ketones is 1. The molecule has 0 aromatic heterocycles. The maximum Gasteiger partial charge on any atom is 0.295 e. The molecule has 15 heavy (non-hydrogen) atoms. The number of nitro benzene ring substituents is 1. The molecule has 1 rings (SSSR count). The summed E-state index contributed by atoms with van der Waals surface area (Å²) >= 11 is 5.25. The predicted octanol–water partition coefficient (Wildman–Crippen LogP) is 1.74. The summed E-state index contributed by atoms with van der Waals surface area (Å²) < 4.78 is 12.9. The first kappa shape index (κ1) is 11.4. The van der Waals surface area contributed by atoms with Crippen molar-refractivity contribution in [2.24, 2.45) is 0 Å². The van der Waals surface area contributed by atoms with E-state index in [1.807, 2.05) is 0 Å². The van der Waals surface area contributed by atoms with Crippen LogP contribution in [0.2, 0.25) is 0 Å². The van der Waals surface area contributed by atoms with Gasteiger partial charge in [0.25, 0.3) is 5.69 Å². The number of benzene rings is 1. The quantitative estimate of drug-likeness (QED) is 0.283. The van der Waals surface area contributed by atoms with Crippen molar-refractivity contribution in [3.63, 3.8) is 0 Å². The number of halogens is 2. The van der Waals surface area contributed by atoms with Crippen LogP contribution in [0.5, 0.6) is 0 Å². The lowest BCUT2D eigenvalue weighted by atomic mass is 10.1. The van der Waals surface area contributed by atoms with Gasteiger partial charge in [-0.15, -0.1) is 11.6 Å². The standard InChI is InChI=1S/C8H6ClFN2O3/c9-3-7(13)5-1-4(10)2-6(8(5)11)12(14)15/h1-2H,3,11H2. The fourth-order valence-corrected chi connectivity index (χ4v) is 1.20. The van der Waals surface area contributed by atoms with Crippen LogP contribution >= 0.6 is 11.6 Å². The summed E-state index contributed by atoms with van der Waals surface area (Å²) in [5.74, 6) is -1.97. The van der Waals surface area contributed by atoms with E-state index in [-0.39, 0.29) is 11.3 Å². The van der Waals surface area contributed by atoms with E-state index in [9.17, 15) is 19.3 Å². The molecule has 1 aromatic rings. The van der Waals surface area contributed by atoms with Gasteiger partial charge < -0.3 is 5.73 Å². The summed E-state index contributed by atoms with van der Waals surface area (Å²) in [6.07, 6.45) is 0. The van der Waals surface area contributed by atoms with Gasteiger partial charge in [0.2, 0.25) is 0 Å². The van der Waals surface area contributed by atoms with E-state index < -0.39 is 28.1 Å². The van der Waals surface area contributed by atoms with Gasteiger partial charge in [-0.3, -0.25) is 14.9 Å². The summed E-state index contributed by atoms with van der Waals surface area (Å²) in [5.41, 5.74) is 4.07.